The first kappa shape index (κ1) is 14.8. The molecule has 2 amide bonds. The summed E-state index contributed by atoms with van der Waals surface area (Å²) in [6.45, 7) is 6.71. The smallest absolute Gasteiger partial charge is 0.317 e. The van der Waals surface area contributed by atoms with Crippen molar-refractivity contribution in [2.75, 3.05) is 31.1 Å². The van der Waals surface area contributed by atoms with Gasteiger partial charge in [0, 0.05) is 38.4 Å². The van der Waals surface area contributed by atoms with E-state index in [1.54, 1.807) is 0 Å². The third-order valence-corrected chi connectivity index (χ3v) is 5.65. The molecular weight excluding hydrogens is 288 g/mol. The Morgan fingerprint density at radius 1 is 1.22 bits per heavy atom. The summed E-state index contributed by atoms with van der Waals surface area (Å²) in [5, 5.41) is 3.10. The van der Waals surface area contributed by atoms with E-state index in [-0.39, 0.29) is 6.03 Å². The number of hydrogen-bond acceptors (Lipinski definition) is 3. The molecule has 23 heavy (non-hydrogen) atoms. The van der Waals surface area contributed by atoms with E-state index in [9.17, 15) is 4.79 Å². The zero-order valence-electron chi connectivity index (χ0n) is 13.9. The number of carbonyl (C=O) groups excluding carboxylic acids is 1. The molecule has 4 rings (SSSR count). The maximum absolute atomic E-state index is 12.4. The van der Waals surface area contributed by atoms with E-state index in [1.165, 1.54) is 25.7 Å². The minimum absolute atomic E-state index is 0.0941. The molecule has 3 aliphatic rings. The number of aryl methyl sites for hydroxylation is 1. The topological polar surface area (TPSA) is 48.5 Å². The van der Waals surface area contributed by atoms with Crippen molar-refractivity contribution >= 4 is 11.8 Å². The number of aromatic nitrogens is 1. The van der Waals surface area contributed by atoms with Crippen LogP contribution in [0.25, 0.3) is 0 Å². The van der Waals surface area contributed by atoms with Gasteiger partial charge in [0.2, 0.25) is 0 Å². The molecule has 0 spiro atoms. The number of fused-ring (bicyclic) bond motifs is 1. The van der Waals surface area contributed by atoms with Crippen molar-refractivity contribution in [2.45, 2.75) is 39.2 Å². The van der Waals surface area contributed by atoms with Gasteiger partial charge in [0.05, 0.1) is 0 Å². The molecule has 2 atom stereocenters. The molecule has 0 radical (unpaired) electrons. The molecule has 5 nitrogen and oxygen atoms in total. The molecule has 1 saturated carbocycles. The van der Waals surface area contributed by atoms with Gasteiger partial charge < -0.3 is 15.1 Å². The van der Waals surface area contributed by atoms with E-state index in [1.807, 2.05) is 11.8 Å². The van der Waals surface area contributed by atoms with Crippen LogP contribution in [0.2, 0.25) is 0 Å². The molecule has 1 aromatic rings. The van der Waals surface area contributed by atoms with E-state index in [0.717, 1.165) is 55.1 Å². The quantitative estimate of drug-likeness (QED) is 0.933. The number of hydrogen-bond donors (Lipinski definition) is 1. The number of nitrogens with one attached hydrogen (secondary N) is 1. The maximum Gasteiger partial charge on any atom is 0.317 e. The first-order valence-electron chi connectivity index (χ1n) is 8.94. The Kier molecular flexibility index (Phi) is 3.87. The summed E-state index contributed by atoms with van der Waals surface area (Å²) in [7, 11) is 0. The predicted octanol–water partition coefficient (Wildman–Crippen LogP) is 2.54. The Morgan fingerprint density at radius 3 is 2.57 bits per heavy atom. The number of anilines is 1. The third kappa shape index (κ3) is 3.01. The molecule has 1 N–H and O–H groups in total. The third-order valence-electron chi connectivity index (χ3n) is 5.65. The standard InChI is InChI=1S/C18H26N4O/c1-13-8-14(9-17(20-13)21-6-2-3-7-21)10-19-18(23)22-11-15-4-5-16(15)12-22/h8-9,15-16H,2-7,10-12H2,1H3,(H,19,23)/t15-,16+. The average Bonchev–Trinajstić information content (AvgIpc) is 3.14. The first-order chi connectivity index (χ1) is 11.2. The Morgan fingerprint density at radius 2 is 1.91 bits per heavy atom. The van der Waals surface area contributed by atoms with Crippen molar-refractivity contribution in [3.05, 3.63) is 23.4 Å². The van der Waals surface area contributed by atoms with Gasteiger partial charge in [-0.05, 0) is 62.1 Å². The summed E-state index contributed by atoms with van der Waals surface area (Å²) in [5.74, 6) is 2.60. The van der Waals surface area contributed by atoms with Crippen LogP contribution in [0.15, 0.2) is 12.1 Å². The van der Waals surface area contributed by atoms with E-state index < -0.39 is 0 Å². The van der Waals surface area contributed by atoms with Crippen LogP contribution in [0, 0.1) is 18.8 Å². The summed E-state index contributed by atoms with van der Waals surface area (Å²) in [6, 6.07) is 4.30. The van der Waals surface area contributed by atoms with Crippen molar-refractivity contribution in [1.82, 2.24) is 15.2 Å². The highest BCUT2D eigenvalue weighted by atomic mass is 16.2. The molecule has 3 fully saturated rings. The van der Waals surface area contributed by atoms with Crippen LogP contribution in [0.3, 0.4) is 0 Å². The van der Waals surface area contributed by atoms with Crippen molar-refractivity contribution in [3.63, 3.8) is 0 Å². The fourth-order valence-corrected chi connectivity index (χ4v) is 4.15. The number of pyridine rings is 1. The lowest BCUT2D eigenvalue weighted by atomic mass is 9.77. The largest absolute Gasteiger partial charge is 0.357 e. The van der Waals surface area contributed by atoms with Crippen molar-refractivity contribution in [3.8, 4) is 0 Å². The van der Waals surface area contributed by atoms with Crippen molar-refractivity contribution < 1.29 is 4.79 Å². The Hall–Kier alpha value is -1.78. The van der Waals surface area contributed by atoms with Gasteiger partial charge in [-0.2, -0.15) is 0 Å². The Bertz CT molecular complexity index is 585. The van der Waals surface area contributed by atoms with Crippen LogP contribution in [-0.4, -0.2) is 42.1 Å². The van der Waals surface area contributed by atoms with E-state index in [0.29, 0.717) is 6.54 Å². The molecule has 0 bridgehead atoms. The monoisotopic (exact) mass is 314 g/mol. The zero-order valence-corrected chi connectivity index (χ0v) is 13.9. The van der Waals surface area contributed by atoms with Crippen LogP contribution in [0.4, 0.5) is 10.6 Å². The fourth-order valence-electron chi connectivity index (χ4n) is 4.15. The van der Waals surface area contributed by atoms with Crippen LogP contribution < -0.4 is 10.2 Å². The summed E-state index contributed by atoms with van der Waals surface area (Å²) in [5.41, 5.74) is 2.17. The first-order valence-corrected chi connectivity index (χ1v) is 8.94. The second kappa shape index (κ2) is 6.02. The molecule has 0 unspecified atom stereocenters. The minimum atomic E-state index is 0.0941. The Labute approximate surface area is 138 Å². The highest BCUT2D eigenvalue weighted by molar-refractivity contribution is 5.74. The van der Waals surface area contributed by atoms with Gasteiger partial charge >= 0.3 is 6.03 Å². The van der Waals surface area contributed by atoms with Gasteiger partial charge in [-0.3, -0.25) is 0 Å². The summed E-state index contributed by atoms with van der Waals surface area (Å²) in [6.07, 6.45) is 5.10. The minimum Gasteiger partial charge on any atom is -0.357 e. The van der Waals surface area contributed by atoms with Crippen LogP contribution in [0.1, 0.15) is 36.9 Å². The molecule has 2 aliphatic heterocycles. The van der Waals surface area contributed by atoms with Crippen LogP contribution in [-0.2, 0) is 6.54 Å². The number of amides is 2. The second-order valence-electron chi connectivity index (χ2n) is 7.33. The number of urea groups is 1. The molecule has 124 valence electrons. The maximum atomic E-state index is 12.4. The van der Waals surface area contributed by atoms with Crippen LogP contribution >= 0.6 is 0 Å². The van der Waals surface area contributed by atoms with Gasteiger partial charge in [-0.15, -0.1) is 0 Å². The lowest BCUT2D eigenvalue weighted by Gasteiger charge is -2.27. The van der Waals surface area contributed by atoms with Gasteiger partial charge in [0.15, 0.2) is 0 Å². The summed E-state index contributed by atoms with van der Waals surface area (Å²) < 4.78 is 0. The normalized spacial score (nSPS) is 26.1. The number of nitrogens with zero attached hydrogens (tertiary/aromatic N) is 3. The van der Waals surface area contributed by atoms with Crippen molar-refractivity contribution in [2.24, 2.45) is 11.8 Å². The molecule has 0 aromatic carbocycles. The molecule has 3 heterocycles. The molecular formula is C18H26N4O. The summed E-state index contributed by atoms with van der Waals surface area (Å²) >= 11 is 0. The van der Waals surface area contributed by atoms with E-state index in [2.05, 4.69) is 27.3 Å². The van der Waals surface area contributed by atoms with Gasteiger partial charge in [0.1, 0.15) is 5.82 Å². The second-order valence-corrected chi connectivity index (χ2v) is 7.33. The highest BCUT2D eigenvalue weighted by Crippen LogP contribution is 2.40. The number of carbonyl (C=O) groups is 1. The highest BCUT2D eigenvalue weighted by Gasteiger charge is 2.40. The van der Waals surface area contributed by atoms with Gasteiger partial charge in [-0.25, -0.2) is 9.78 Å². The molecule has 1 aromatic heterocycles. The molecule has 5 heteroatoms. The lowest BCUT2D eigenvalue weighted by Crippen LogP contribution is -2.38. The molecule has 1 aliphatic carbocycles. The average molecular weight is 314 g/mol. The van der Waals surface area contributed by atoms with Crippen LogP contribution in [0.5, 0.6) is 0 Å². The number of likely N-dealkylation sites (tertiary alicyclic amines) is 1. The van der Waals surface area contributed by atoms with Gasteiger partial charge in [-0.1, -0.05) is 0 Å². The van der Waals surface area contributed by atoms with Gasteiger partial charge in [0.25, 0.3) is 0 Å². The zero-order chi connectivity index (χ0) is 15.8. The fraction of sp³-hybridized carbons (Fsp3) is 0.667. The summed E-state index contributed by atoms with van der Waals surface area (Å²) in [4.78, 5) is 21.3. The van der Waals surface area contributed by atoms with E-state index >= 15 is 0 Å². The SMILES string of the molecule is Cc1cc(CNC(=O)N2C[C@H]3CC[C@H]3C2)cc(N2CCCC2)n1. The lowest BCUT2D eigenvalue weighted by molar-refractivity contribution is 0.207. The Balaban J connectivity index is 1.37. The predicted molar refractivity (Wildman–Crippen MR) is 90.4 cm³/mol. The van der Waals surface area contributed by atoms with E-state index in [4.69, 9.17) is 0 Å². The number of rotatable bonds is 3. The molecule has 2 saturated heterocycles. The van der Waals surface area contributed by atoms with Crippen molar-refractivity contribution in [1.29, 1.82) is 0 Å².